The number of hydrogen-bond acceptors (Lipinski definition) is 8. The summed E-state index contributed by atoms with van der Waals surface area (Å²) in [5.74, 6) is -0.685. The molecule has 0 saturated carbocycles. The van der Waals surface area contributed by atoms with Gasteiger partial charge in [-0.1, -0.05) is 0 Å². The zero-order chi connectivity index (χ0) is 28.8. The fourth-order valence-electron chi connectivity index (χ4n) is 5.40. The maximum Gasteiger partial charge on any atom is 0.179 e. The van der Waals surface area contributed by atoms with Crippen LogP contribution in [0.15, 0.2) is 36.7 Å². The Bertz CT molecular complexity index is 1500. The van der Waals surface area contributed by atoms with Crippen LogP contribution in [0.1, 0.15) is 52.1 Å². The summed E-state index contributed by atoms with van der Waals surface area (Å²) in [4.78, 5) is 17.3. The van der Waals surface area contributed by atoms with E-state index in [-0.39, 0.29) is 29.2 Å². The van der Waals surface area contributed by atoms with Crippen molar-refractivity contribution in [1.82, 2.24) is 15.0 Å². The van der Waals surface area contributed by atoms with Crippen molar-refractivity contribution in [2.24, 2.45) is 0 Å². The van der Waals surface area contributed by atoms with Gasteiger partial charge >= 0.3 is 0 Å². The average molecular weight is 572 g/mol. The molecule has 0 unspecified atom stereocenters. The third kappa shape index (κ3) is 5.89. The molecule has 0 atom stereocenters. The Labute approximate surface area is 234 Å². The topological polar surface area (TPSA) is 88.5 Å². The maximum absolute atomic E-state index is 15.3. The highest BCUT2D eigenvalue weighted by Gasteiger charge is 2.35. The van der Waals surface area contributed by atoms with Crippen LogP contribution in [0.5, 0.6) is 5.75 Å². The molecule has 0 N–H and O–H groups in total. The van der Waals surface area contributed by atoms with Crippen LogP contribution in [-0.4, -0.2) is 66.2 Å². The largest absolute Gasteiger partial charge is 0.481 e. The van der Waals surface area contributed by atoms with Crippen molar-refractivity contribution < 1.29 is 21.9 Å². The lowest BCUT2D eigenvalue weighted by Crippen LogP contribution is -2.49. The summed E-state index contributed by atoms with van der Waals surface area (Å²) in [5.41, 5.74) is 1.95. The number of rotatable bonds is 6. The summed E-state index contributed by atoms with van der Waals surface area (Å²) in [6.45, 7) is 9.74. The summed E-state index contributed by atoms with van der Waals surface area (Å²) in [6, 6.07) is 6.87. The summed E-state index contributed by atoms with van der Waals surface area (Å²) in [5, 5.41) is -0.294. The number of halogens is 2. The number of hydrogen-bond donors (Lipinski definition) is 0. The maximum atomic E-state index is 15.3. The first-order valence-electron chi connectivity index (χ1n) is 13.5. The van der Waals surface area contributed by atoms with Crippen molar-refractivity contribution in [3.8, 4) is 17.0 Å². The van der Waals surface area contributed by atoms with Gasteiger partial charge in [-0.3, -0.25) is 4.98 Å². The first-order valence-corrected chi connectivity index (χ1v) is 15.5. The number of sulfone groups is 1. The van der Waals surface area contributed by atoms with Gasteiger partial charge in [-0.05, 0) is 64.8 Å². The Hall–Kier alpha value is -3.34. The summed E-state index contributed by atoms with van der Waals surface area (Å²) in [6.07, 6.45) is 5.61. The van der Waals surface area contributed by atoms with Crippen molar-refractivity contribution in [3.05, 3.63) is 59.8 Å². The van der Waals surface area contributed by atoms with Gasteiger partial charge in [-0.2, -0.15) is 0 Å². The minimum absolute atomic E-state index is 0.0191. The Morgan fingerprint density at radius 3 is 2.42 bits per heavy atom. The fourth-order valence-corrected chi connectivity index (χ4v) is 6.47. The second-order valence-electron chi connectivity index (χ2n) is 11.6. The van der Waals surface area contributed by atoms with Crippen molar-refractivity contribution in [2.75, 3.05) is 35.7 Å². The van der Waals surface area contributed by atoms with Crippen molar-refractivity contribution in [3.63, 3.8) is 0 Å². The van der Waals surface area contributed by atoms with E-state index < -0.39 is 27.1 Å². The summed E-state index contributed by atoms with van der Waals surface area (Å²) in [7, 11) is -3.03. The first kappa shape index (κ1) is 28.2. The molecular weight excluding hydrogens is 536 g/mol. The molecule has 40 heavy (non-hydrogen) atoms. The van der Waals surface area contributed by atoms with E-state index in [2.05, 4.69) is 24.8 Å². The highest BCUT2D eigenvalue weighted by molar-refractivity contribution is 7.91. The van der Waals surface area contributed by atoms with E-state index in [1.165, 1.54) is 12.3 Å². The molecule has 2 aliphatic heterocycles. The van der Waals surface area contributed by atoms with Gasteiger partial charge in [0, 0.05) is 36.6 Å². The molecule has 0 bridgehead atoms. The lowest BCUT2D eigenvalue weighted by atomic mass is 10.0. The molecule has 1 fully saturated rings. The number of fused-ring (bicyclic) bond motifs is 1. The molecule has 3 aromatic rings. The second kappa shape index (κ2) is 10.6. The summed E-state index contributed by atoms with van der Waals surface area (Å²) >= 11 is 0. The molecule has 2 aromatic heterocycles. The Morgan fingerprint density at radius 1 is 1.07 bits per heavy atom. The first-order chi connectivity index (χ1) is 18.8. The second-order valence-corrected chi connectivity index (χ2v) is 13.9. The minimum Gasteiger partial charge on any atom is -0.481 e. The third-order valence-corrected chi connectivity index (χ3v) is 9.20. The van der Waals surface area contributed by atoms with Crippen LogP contribution in [0, 0.1) is 11.6 Å². The van der Waals surface area contributed by atoms with Gasteiger partial charge in [0.1, 0.15) is 27.0 Å². The van der Waals surface area contributed by atoms with Crippen LogP contribution in [0.3, 0.4) is 0 Å². The predicted octanol–water partition coefficient (Wildman–Crippen LogP) is 4.81. The molecule has 4 heterocycles. The van der Waals surface area contributed by atoms with Crippen molar-refractivity contribution >= 4 is 21.2 Å². The molecule has 0 aliphatic carbocycles. The molecule has 0 amide bonds. The number of nitrogens with zero attached hydrogens (tertiary/aromatic N) is 5. The number of pyridine rings is 1. The number of anilines is 2. The van der Waals surface area contributed by atoms with E-state index >= 15 is 4.39 Å². The Kier molecular flexibility index (Phi) is 7.45. The zero-order valence-corrected chi connectivity index (χ0v) is 24.3. The van der Waals surface area contributed by atoms with Crippen molar-refractivity contribution in [1.29, 1.82) is 0 Å². The molecule has 8 nitrogen and oxygen atoms in total. The number of ether oxygens (including phenoxy) is 1. The quantitative estimate of drug-likeness (QED) is 0.417. The van der Waals surface area contributed by atoms with E-state index in [0.29, 0.717) is 55.2 Å². The highest BCUT2D eigenvalue weighted by Crippen LogP contribution is 2.42. The molecule has 1 saturated heterocycles. The molecule has 0 spiro atoms. The van der Waals surface area contributed by atoms with E-state index in [0.717, 1.165) is 11.9 Å². The smallest absolute Gasteiger partial charge is 0.179 e. The van der Waals surface area contributed by atoms with Crippen LogP contribution >= 0.6 is 0 Å². The highest BCUT2D eigenvalue weighted by atomic mass is 32.2. The number of piperidine rings is 1. The van der Waals surface area contributed by atoms with Gasteiger partial charge in [0.05, 0.1) is 42.0 Å². The Balaban J connectivity index is 1.36. The molecule has 214 valence electrons. The molecule has 2 aliphatic rings. The van der Waals surface area contributed by atoms with Crippen LogP contribution in [-0.2, 0) is 16.3 Å². The molecule has 11 heteroatoms. The number of aromatic nitrogens is 3. The zero-order valence-electron chi connectivity index (χ0n) is 23.5. The lowest BCUT2D eigenvalue weighted by molar-refractivity contribution is 0.0967. The van der Waals surface area contributed by atoms with Crippen LogP contribution < -0.4 is 14.5 Å². The van der Waals surface area contributed by atoms with Crippen LogP contribution in [0.25, 0.3) is 11.3 Å². The molecule has 0 radical (unpaired) electrons. The third-order valence-electron chi connectivity index (χ3n) is 7.51. The number of benzene rings is 1. The standard InChI is InChI=1S/C29H35F2N5O3S/c1-18(2)36-17-29(3,4)39-28-23(30)12-19(13-25(28)36)27-24(31)16-33-26(34-27)14-20-6-7-21(15-32-20)35-10-8-22(9-11-35)40(5,37)38/h6-7,12-13,15-16,18,22H,8-11,14,17H2,1-5H3. The predicted molar refractivity (Wildman–Crippen MR) is 152 cm³/mol. The fraction of sp³-hybridized carbons (Fsp3) is 0.483. The average Bonchev–Trinajstić information content (AvgIpc) is 2.89. The summed E-state index contributed by atoms with van der Waals surface area (Å²) < 4.78 is 59.8. The normalized spacial score (nSPS) is 17.6. The van der Waals surface area contributed by atoms with Gasteiger partial charge in [-0.15, -0.1) is 0 Å². The molecule has 5 rings (SSSR count). The van der Waals surface area contributed by atoms with E-state index in [9.17, 15) is 12.8 Å². The van der Waals surface area contributed by atoms with Gasteiger partial charge < -0.3 is 14.5 Å². The van der Waals surface area contributed by atoms with Gasteiger partial charge in [-0.25, -0.2) is 27.2 Å². The van der Waals surface area contributed by atoms with Crippen molar-refractivity contribution in [2.45, 2.75) is 63.9 Å². The monoisotopic (exact) mass is 571 g/mol. The molecular formula is C29H35F2N5O3S. The minimum atomic E-state index is -3.03. The van der Waals surface area contributed by atoms with E-state index in [1.807, 2.05) is 39.8 Å². The SMILES string of the molecule is CC(C)N1CC(C)(C)Oc2c(F)cc(-c3nc(Cc4ccc(N5CCC(S(C)(=O)=O)CC5)cn4)ncc3F)cc21. The van der Waals surface area contributed by atoms with E-state index in [1.54, 1.807) is 12.3 Å². The van der Waals surface area contributed by atoms with Crippen LogP contribution in [0.4, 0.5) is 20.2 Å². The lowest BCUT2D eigenvalue weighted by Gasteiger charge is -2.43. The van der Waals surface area contributed by atoms with Gasteiger partial charge in [0.2, 0.25) is 0 Å². The van der Waals surface area contributed by atoms with E-state index in [4.69, 9.17) is 4.74 Å². The van der Waals surface area contributed by atoms with Gasteiger partial charge in [0.15, 0.2) is 17.4 Å². The molecule has 1 aromatic carbocycles. The Morgan fingerprint density at radius 2 is 1.80 bits per heavy atom. The van der Waals surface area contributed by atoms with Gasteiger partial charge in [0.25, 0.3) is 0 Å². The van der Waals surface area contributed by atoms with Crippen LogP contribution in [0.2, 0.25) is 0 Å².